The van der Waals surface area contributed by atoms with Crippen LogP contribution in [0.1, 0.15) is 30.9 Å². The number of aryl methyl sites for hydroxylation is 1. The first kappa shape index (κ1) is 14.7. The molecule has 0 unspecified atom stereocenters. The Morgan fingerprint density at radius 2 is 2.23 bits per heavy atom. The molecule has 0 bridgehead atoms. The lowest BCUT2D eigenvalue weighted by Gasteiger charge is -2.42. The zero-order valence-electron chi connectivity index (χ0n) is 12.6. The third kappa shape index (κ3) is 2.61. The molecule has 1 aliphatic heterocycles. The van der Waals surface area contributed by atoms with E-state index < -0.39 is 6.10 Å². The Morgan fingerprint density at radius 3 is 2.82 bits per heavy atom. The summed E-state index contributed by atoms with van der Waals surface area (Å²) in [5.41, 5.74) is 1.35. The summed E-state index contributed by atoms with van der Waals surface area (Å²) in [5.74, 6) is -0.384. The highest BCUT2D eigenvalue weighted by atomic mass is 16.3. The third-order valence-electron chi connectivity index (χ3n) is 4.12. The molecule has 1 fully saturated rings. The first-order valence-electron chi connectivity index (χ1n) is 7.29. The van der Waals surface area contributed by atoms with Gasteiger partial charge in [-0.05, 0) is 18.9 Å². The smallest absolute Gasteiger partial charge is 0.267 e. The molecule has 0 radical (unpaired) electrons. The molecule has 1 aromatic heterocycles. The highest BCUT2D eigenvalue weighted by molar-refractivity contribution is 6.39. The molecule has 2 amide bonds. The molecule has 2 aliphatic rings. The standard InChI is InChI=1S/C14H19N5O3/c1-8-6-15-19(7-8)13-10(5-11(13)20)16-14(22)9-3-4-12(21)18(2)17-9/h6-7,10-11,13,20H,3-5H2,1-2H3,(H,16,22)/t10-,11+,13+/m0/s1. The minimum Gasteiger partial charge on any atom is -0.391 e. The van der Waals surface area contributed by atoms with Gasteiger partial charge >= 0.3 is 0 Å². The topological polar surface area (TPSA) is 99.8 Å². The molecular weight excluding hydrogens is 286 g/mol. The number of aliphatic hydroxyl groups excluding tert-OH is 1. The summed E-state index contributed by atoms with van der Waals surface area (Å²) in [6, 6.07) is -0.450. The van der Waals surface area contributed by atoms with Gasteiger partial charge in [0.05, 0.1) is 24.4 Å². The fourth-order valence-electron chi connectivity index (χ4n) is 2.80. The van der Waals surface area contributed by atoms with Gasteiger partial charge in [0.15, 0.2) is 0 Å². The normalized spacial score (nSPS) is 28.1. The number of carbonyl (C=O) groups is 2. The van der Waals surface area contributed by atoms with Gasteiger partial charge in [0.1, 0.15) is 5.71 Å². The summed E-state index contributed by atoms with van der Waals surface area (Å²) in [6.07, 6.45) is 4.15. The van der Waals surface area contributed by atoms with E-state index in [-0.39, 0.29) is 30.3 Å². The van der Waals surface area contributed by atoms with Crippen molar-refractivity contribution < 1.29 is 14.7 Å². The van der Waals surface area contributed by atoms with Crippen LogP contribution in [-0.4, -0.2) is 56.6 Å². The molecule has 8 heteroatoms. The maximum Gasteiger partial charge on any atom is 0.267 e. The zero-order chi connectivity index (χ0) is 15.9. The predicted molar refractivity (Wildman–Crippen MR) is 78.0 cm³/mol. The lowest BCUT2D eigenvalue weighted by Crippen LogP contribution is -2.57. The Labute approximate surface area is 127 Å². The minimum atomic E-state index is -0.526. The lowest BCUT2D eigenvalue weighted by atomic mass is 9.83. The zero-order valence-corrected chi connectivity index (χ0v) is 12.6. The van der Waals surface area contributed by atoms with Gasteiger partial charge in [-0.1, -0.05) is 0 Å². The van der Waals surface area contributed by atoms with Gasteiger partial charge in [0.2, 0.25) is 5.91 Å². The molecule has 0 spiro atoms. The Hall–Kier alpha value is -2.22. The number of hydrogen-bond donors (Lipinski definition) is 2. The second kappa shape index (κ2) is 5.53. The number of amides is 2. The van der Waals surface area contributed by atoms with E-state index in [9.17, 15) is 14.7 Å². The fraction of sp³-hybridized carbons (Fsp3) is 0.571. The van der Waals surface area contributed by atoms with Crippen LogP contribution in [0.25, 0.3) is 0 Å². The molecular formula is C14H19N5O3. The second-order valence-electron chi connectivity index (χ2n) is 5.84. The molecule has 1 aliphatic carbocycles. The van der Waals surface area contributed by atoms with Crippen molar-refractivity contribution in [2.24, 2.45) is 5.10 Å². The van der Waals surface area contributed by atoms with Crippen LogP contribution in [0, 0.1) is 6.92 Å². The fourth-order valence-corrected chi connectivity index (χ4v) is 2.80. The van der Waals surface area contributed by atoms with Crippen LogP contribution in [0.3, 0.4) is 0 Å². The number of aliphatic hydroxyl groups is 1. The van der Waals surface area contributed by atoms with E-state index in [2.05, 4.69) is 15.5 Å². The van der Waals surface area contributed by atoms with E-state index in [4.69, 9.17) is 0 Å². The van der Waals surface area contributed by atoms with Gasteiger partial charge in [0.25, 0.3) is 5.91 Å². The largest absolute Gasteiger partial charge is 0.391 e. The van der Waals surface area contributed by atoms with E-state index in [0.29, 0.717) is 18.6 Å². The molecule has 2 heterocycles. The van der Waals surface area contributed by atoms with Crippen molar-refractivity contribution >= 4 is 17.5 Å². The molecule has 0 saturated heterocycles. The van der Waals surface area contributed by atoms with Gasteiger partial charge in [-0.3, -0.25) is 14.3 Å². The molecule has 8 nitrogen and oxygen atoms in total. The third-order valence-corrected chi connectivity index (χ3v) is 4.12. The summed E-state index contributed by atoms with van der Waals surface area (Å²) in [6.45, 7) is 1.92. The van der Waals surface area contributed by atoms with Crippen LogP contribution in [-0.2, 0) is 9.59 Å². The quantitative estimate of drug-likeness (QED) is 0.793. The number of rotatable bonds is 3. The minimum absolute atomic E-state index is 0.0968. The highest BCUT2D eigenvalue weighted by Gasteiger charge is 2.43. The first-order chi connectivity index (χ1) is 10.5. The summed E-state index contributed by atoms with van der Waals surface area (Å²) in [5, 5.41) is 22.2. The number of hydrazone groups is 1. The average molecular weight is 305 g/mol. The number of nitrogens with one attached hydrogen (secondary N) is 1. The van der Waals surface area contributed by atoms with Crippen molar-refractivity contribution in [1.82, 2.24) is 20.1 Å². The number of aromatic nitrogens is 2. The van der Waals surface area contributed by atoms with E-state index in [0.717, 1.165) is 5.56 Å². The maximum atomic E-state index is 12.3. The molecule has 118 valence electrons. The summed E-state index contributed by atoms with van der Waals surface area (Å²) < 4.78 is 1.69. The predicted octanol–water partition coefficient (Wildman–Crippen LogP) is -0.410. The number of hydrogen-bond acceptors (Lipinski definition) is 5. The van der Waals surface area contributed by atoms with Gasteiger partial charge in [-0.15, -0.1) is 0 Å². The monoisotopic (exact) mass is 305 g/mol. The Bertz CT molecular complexity index is 638. The van der Waals surface area contributed by atoms with E-state index >= 15 is 0 Å². The van der Waals surface area contributed by atoms with Gasteiger partial charge in [0, 0.05) is 26.1 Å². The Morgan fingerprint density at radius 1 is 1.45 bits per heavy atom. The SMILES string of the molecule is Cc1cnn([C@H]2[C@H](O)C[C@@H]2NC(=O)C2=NN(C)C(=O)CC2)c1. The van der Waals surface area contributed by atoms with Crippen molar-refractivity contribution in [2.75, 3.05) is 7.05 Å². The molecule has 3 rings (SSSR count). The van der Waals surface area contributed by atoms with Crippen molar-refractivity contribution in [3.8, 4) is 0 Å². The van der Waals surface area contributed by atoms with E-state index in [1.54, 1.807) is 10.9 Å². The number of nitrogens with zero attached hydrogens (tertiary/aromatic N) is 4. The van der Waals surface area contributed by atoms with Crippen LogP contribution < -0.4 is 5.32 Å². The Kier molecular flexibility index (Phi) is 3.69. The van der Waals surface area contributed by atoms with Crippen molar-refractivity contribution in [1.29, 1.82) is 0 Å². The summed E-state index contributed by atoms with van der Waals surface area (Å²) in [4.78, 5) is 23.6. The van der Waals surface area contributed by atoms with E-state index in [1.807, 2.05) is 13.1 Å². The number of carbonyl (C=O) groups excluding carboxylic acids is 2. The average Bonchev–Trinajstić information content (AvgIpc) is 2.86. The van der Waals surface area contributed by atoms with Crippen LogP contribution in [0.15, 0.2) is 17.5 Å². The van der Waals surface area contributed by atoms with Gasteiger partial charge in [-0.2, -0.15) is 10.2 Å². The van der Waals surface area contributed by atoms with Crippen LogP contribution in [0.2, 0.25) is 0 Å². The van der Waals surface area contributed by atoms with Crippen molar-refractivity contribution in [3.63, 3.8) is 0 Å². The van der Waals surface area contributed by atoms with Gasteiger partial charge < -0.3 is 10.4 Å². The van der Waals surface area contributed by atoms with Gasteiger partial charge in [-0.25, -0.2) is 5.01 Å². The van der Waals surface area contributed by atoms with Crippen molar-refractivity contribution in [3.05, 3.63) is 18.0 Å². The summed E-state index contributed by atoms with van der Waals surface area (Å²) in [7, 11) is 1.54. The lowest BCUT2D eigenvalue weighted by molar-refractivity contribution is -0.130. The summed E-state index contributed by atoms with van der Waals surface area (Å²) >= 11 is 0. The maximum absolute atomic E-state index is 12.3. The molecule has 2 N–H and O–H groups in total. The van der Waals surface area contributed by atoms with Crippen LogP contribution in [0.5, 0.6) is 0 Å². The molecule has 1 aromatic rings. The molecule has 3 atom stereocenters. The molecule has 1 saturated carbocycles. The molecule has 22 heavy (non-hydrogen) atoms. The van der Waals surface area contributed by atoms with E-state index in [1.165, 1.54) is 12.1 Å². The highest BCUT2D eigenvalue weighted by Crippen LogP contribution is 2.32. The van der Waals surface area contributed by atoms with Crippen LogP contribution in [0.4, 0.5) is 0 Å². The second-order valence-corrected chi connectivity index (χ2v) is 5.84. The molecule has 0 aromatic carbocycles. The Balaban J connectivity index is 1.67. The van der Waals surface area contributed by atoms with Crippen LogP contribution >= 0.6 is 0 Å². The first-order valence-corrected chi connectivity index (χ1v) is 7.29. The van der Waals surface area contributed by atoms with Crippen molar-refractivity contribution in [2.45, 2.75) is 44.4 Å².